The van der Waals surface area contributed by atoms with Crippen LogP contribution in [0.3, 0.4) is 0 Å². The van der Waals surface area contributed by atoms with Gasteiger partial charge in [0.25, 0.3) is 0 Å². The highest BCUT2D eigenvalue weighted by Gasteiger charge is 2.28. The highest BCUT2D eigenvalue weighted by Crippen LogP contribution is 2.41. The molecular formula is C12H18. The van der Waals surface area contributed by atoms with Crippen molar-refractivity contribution in [2.45, 2.75) is 39.0 Å². The summed E-state index contributed by atoms with van der Waals surface area (Å²) in [5.74, 6) is 1.68. The first-order chi connectivity index (χ1) is 5.77. The molecule has 0 bridgehead atoms. The van der Waals surface area contributed by atoms with Gasteiger partial charge >= 0.3 is 0 Å². The van der Waals surface area contributed by atoms with Gasteiger partial charge in [0.15, 0.2) is 0 Å². The molecule has 2 aliphatic rings. The molecule has 1 fully saturated rings. The third-order valence-electron chi connectivity index (χ3n) is 3.43. The van der Waals surface area contributed by atoms with Gasteiger partial charge in [0.05, 0.1) is 0 Å². The molecule has 0 aliphatic heterocycles. The fraction of sp³-hybridized carbons (Fsp3) is 0.667. The number of hydrogen-bond donors (Lipinski definition) is 0. The molecule has 0 aromatic rings. The molecule has 66 valence electrons. The molecule has 12 heavy (non-hydrogen) atoms. The lowest BCUT2D eigenvalue weighted by Crippen LogP contribution is -2.22. The van der Waals surface area contributed by atoms with Crippen LogP contribution in [-0.2, 0) is 0 Å². The van der Waals surface area contributed by atoms with Gasteiger partial charge in [0, 0.05) is 5.92 Å². The number of rotatable bonds is 0. The van der Waals surface area contributed by atoms with Gasteiger partial charge in [-0.3, -0.25) is 0 Å². The SMILES string of the molecule is C=C1CCC[C@@H]2CCC(C)=C[C@H]12. The molecule has 0 saturated heterocycles. The van der Waals surface area contributed by atoms with Crippen LogP contribution in [0, 0.1) is 11.8 Å². The second-order valence-corrected chi connectivity index (χ2v) is 4.39. The highest BCUT2D eigenvalue weighted by atomic mass is 14.3. The van der Waals surface area contributed by atoms with Crippen LogP contribution >= 0.6 is 0 Å². The predicted molar refractivity (Wildman–Crippen MR) is 53.0 cm³/mol. The van der Waals surface area contributed by atoms with E-state index in [1.165, 1.54) is 37.7 Å². The Balaban J connectivity index is 2.19. The van der Waals surface area contributed by atoms with Crippen LogP contribution in [0.2, 0.25) is 0 Å². The molecule has 2 rings (SSSR count). The molecule has 1 saturated carbocycles. The van der Waals surface area contributed by atoms with E-state index in [1.807, 2.05) is 0 Å². The Morgan fingerprint density at radius 3 is 3.00 bits per heavy atom. The Morgan fingerprint density at radius 1 is 1.33 bits per heavy atom. The third kappa shape index (κ3) is 1.35. The van der Waals surface area contributed by atoms with Crippen molar-refractivity contribution in [1.82, 2.24) is 0 Å². The molecule has 0 nitrogen and oxygen atoms in total. The molecule has 0 spiro atoms. The number of fused-ring (bicyclic) bond motifs is 1. The Hall–Kier alpha value is -0.520. The molecule has 0 N–H and O–H groups in total. The van der Waals surface area contributed by atoms with Crippen LogP contribution in [0.4, 0.5) is 0 Å². The lowest BCUT2D eigenvalue weighted by atomic mass is 9.70. The minimum absolute atomic E-state index is 0.743. The first kappa shape index (κ1) is 8.10. The average molecular weight is 162 g/mol. The van der Waals surface area contributed by atoms with E-state index in [0.29, 0.717) is 0 Å². The minimum Gasteiger partial charge on any atom is -0.0993 e. The molecule has 2 aliphatic carbocycles. The molecule has 0 radical (unpaired) electrons. The molecule has 0 unspecified atom stereocenters. The predicted octanol–water partition coefficient (Wildman–Crippen LogP) is 3.70. The van der Waals surface area contributed by atoms with Gasteiger partial charge in [-0.25, -0.2) is 0 Å². The molecule has 0 heterocycles. The zero-order valence-corrected chi connectivity index (χ0v) is 7.97. The lowest BCUT2D eigenvalue weighted by Gasteiger charge is -2.35. The summed E-state index contributed by atoms with van der Waals surface area (Å²) in [6, 6.07) is 0. The zero-order chi connectivity index (χ0) is 8.55. The van der Waals surface area contributed by atoms with Crippen LogP contribution in [0.25, 0.3) is 0 Å². The highest BCUT2D eigenvalue weighted by molar-refractivity contribution is 5.20. The molecule has 2 atom stereocenters. The van der Waals surface area contributed by atoms with Gasteiger partial charge in [0.2, 0.25) is 0 Å². The van der Waals surface area contributed by atoms with E-state index in [0.717, 1.165) is 11.8 Å². The minimum atomic E-state index is 0.743. The van der Waals surface area contributed by atoms with Crippen molar-refractivity contribution < 1.29 is 0 Å². The molecular weight excluding hydrogens is 144 g/mol. The maximum absolute atomic E-state index is 4.19. The largest absolute Gasteiger partial charge is 0.0993 e. The van der Waals surface area contributed by atoms with Gasteiger partial charge in [-0.1, -0.05) is 23.8 Å². The van der Waals surface area contributed by atoms with E-state index >= 15 is 0 Å². The first-order valence-corrected chi connectivity index (χ1v) is 5.12. The standard InChI is InChI=1S/C12H18/c1-9-6-7-11-5-3-4-10(2)12(11)8-9/h8,11-12H,2-7H2,1H3/t11-,12-/m1/s1. The molecule has 0 amide bonds. The monoisotopic (exact) mass is 162 g/mol. The van der Waals surface area contributed by atoms with E-state index < -0.39 is 0 Å². The maximum Gasteiger partial charge on any atom is 0.000501 e. The quantitative estimate of drug-likeness (QED) is 0.476. The summed E-state index contributed by atoms with van der Waals surface area (Å²) < 4.78 is 0. The fourth-order valence-corrected chi connectivity index (χ4v) is 2.65. The van der Waals surface area contributed by atoms with Crippen molar-refractivity contribution in [2.75, 3.05) is 0 Å². The molecule has 0 heteroatoms. The third-order valence-corrected chi connectivity index (χ3v) is 3.43. The maximum atomic E-state index is 4.19. The first-order valence-electron chi connectivity index (χ1n) is 5.12. The van der Waals surface area contributed by atoms with Crippen LogP contribution in [-0.4, -0.2) is 0 Å². The second kappa shape index (κ2) is 3.08. The Morgan fingerprint density at radius 2 is 2.17 bits per heavy atom. The van der Waals surface area contributed by atoms with Crippen LogP contribution in [0.1, 0.15) is 39.0 Å². The smallest absolute Gasteiger partial charge is 0.000501 e. The van der Waals surface area contributed by atoms with Crippen molar-refractivity contribution >= 4 is 0 Å². The van der Waals surface area contributed by atoms with Crippen LogP contribution < -0.4 is 0 Å². The van der Waals surface area contributed by atoms with Crippen LogP contribution in [0.15, 0.2) is 23.8 Å². The van der Waals surface area contributed by atoms with E-state index in [9.17, 15) is 0 Å². The van der Waals surface area contributed by atoms with Gasteiger partial charge in [-0.15, -0.1) is 0 Å². The molecule has 0 aromatic carbocycles. The summed E-state index contributed by atoms with van der Waals surface area (Å²) >= 11 is 0. The summed E-state index contributed by atoms with van der Waals surface area (Å²) in [5.41, 5.74) is 3.07. The van der Waals surface area contributed by atoms with Gasteiger partial charge in [-0.05, 0) is 44.9 Å². The summed E-state index contributed by atoms with van der Waals surface area (Å²) in [7, 11) is 0. The number of allylic oxidation sites excluding steroid dienone is 3. The zero-order valence-electron chi connectivity index (χ0n) is 7.97. The Kier molecular flexibility index (Phi) is 2.08. The van der Waals surface area contributed by atoms with Crippen molar-refractivity contribution in [2.24, 2.45) is 11.8 Å². The van der Waals surface area contributed by atoms with E-state index in [1.54, 1.807) is 5.57 Å². The topological polar surface area (TPSA) is 0 Å². The Labute approximate surface area is 75.4 Å². The van der Waals surface area contributed by atoms with Crippen molar-refractivity contribution in [1.29, 1.82) is 0 Å². The van der Waals surface area contributed by atoms with Gasteiger partial charge in [-0.2, -0.15) is 0 Å². The van der Waals surface area contributed by atoms with Crippen LogP contribution in [0.5, 0.6) is 0 Å². The van der Waals surface area contributed by atoms with Crippen molar-refractivity contribution in [3.63, 3.8) is 0 Å². The second-order valence-electron chi connectivity index (χ2n) is 4.39. The van der Waals surface area contributed by atoms with Gasteiger partial charge in [0.1, 0.15) is 0 Å². The van der Waals surface area contributed by atoms with E-state index in [2.05, 4.69) is 19.6 Å². The fourth-order valence-electron chi connectivity index (χ4n) is 2.65. The number of hydrogen-bond acceptors (Lipinski definition) is 0. The van der Waals surface area contributed by atoms with Gasteiger partial charge < -0.3 is 0 Å². The lowest BCUT2D eigenvalue weighted by molar-refractivity contribution is 0.314. The van der Waals surface area contributed by atoms with E-state index in [-0.39, 0.29) is 0 Å². The van der Waals surface area contributed by atoms with Crippen molar-refractivity contribution in [3.05, 3.63) is 23.8 Å². The Bertz CT molecular complexity index is 222. The average Bonchev–Trinajstić information content (AvgIpc) is 2.07. The van der Waals surface area contributed by atoms with E-state index in [4.69, 9.17) is 0 Å². The normalized spacial score (nSPS) is 35.8. The molecule has 0 aromatic heterocycles. The summed E-state index contributed by atoms with van der Waals surface area (Å²) in [6.07, 6.45) is 9.29. The summed E-state index contributed by atoms with van der Waals surface area (Å²) in [6.45, 7) is 6.45. The summed E-state index contributed by atoms with van der Waals surface area (Å²) in [5, 5.41) is 0. The van der Waals surface area contributed by atoms with Crippen molar-refractivity contribution in [3.8, 4) is 0 Å². The summed E-state index contributed by atoms with van der Waals surface area (Å²) in [4.78, 5) is 0.